The van der Waals surface area contributed by atoms with Crippen LogP contribution in [-0.4, -0.2) is 31.2 Å². The van der Waals surface area contributed by atoms with Crippen molar-refractivity contribution in [2.24, 2.45) is 5.10 Å². The summed E-state index contributed by atoms with van der Waals surface area (Å²) in [6.45, 7) is 0. The van der Waals surface area contributed by atoms with Crippen LogP contribution in [-0.2, 0) is 9.53 Å². The molecule has 1 atom stereocenters. The number of carbonyl (C=O) groups is 1. The van der Waals surface area contributed by atoms with Gasteiger partial charge in [-0.3, -0.25) is 5.01 Å². The zero-order chi connectivity index (χ0) is 19.6. The third kappa shape index (κ3) is 4.51. The Balaban J connectivity index is 1.91. The van der Waals surface area contributed by atoms with Crippen LogP contribution >= 0.6 is 11.6 Å². The van der Waals surface area contributed by atoms with Crippen molar-refractivity contribution >= 4 is 29.0 Å². The van der Waals surface area contributed by atoms with E-state index >= 15 is 0 Å². The summed E-state index contributed by atoms with van der Waals surface area (Å²) in [5.41, 5.74) is 1.79. The van der Waals surface area contributed by atoms with Crippen molar-refractivity contribution in [2.45, 2.75) is 18.8 Å². The summed E-state index contributed by atoms with van der Waals surface area (Å²) in [4.78, 5) is 12.2. The van der Waals surface area contributed by atoms with Gasteiger partial charge in [-0.15, -0.1) is 13.2 Å². The molecule has 0 fully saturated rings. The number of rotatable bonds is 4. The van der Waals surface area contributed by atoms with Gasteiger partial charge in [0.1, 0.15) is 5.75 Å². The normalized spacial score (nSPS) is 16.9. The van der Waals surface area contributed by atoms with Gasteiger partial charge in [0.05, 0.1) is 18.5 Å². The van der Waals surface area contributed by atoms with Crippen LogP contribution in [0.1, 0.15) is 12.0 Å². The van der Waals surface area contributed by atoms with Gasteiger partial charge in [0.15, 0.2) is 6.04 Å². The van der Waals surface area contributed by atoms with Gasteiger partial charge < -0.3 is 9.47 Å². The number of hydrazone groups is 1. The van der Waals surface area contributed by atoms with Gasteiger partial charge in [-0.2, -0.15) is 5.10 Å². The molecule has 0 amide bonds. The minimum Gasteiger partial charge on any atom is -0.467 e. The molecule has 2 aromatic rings. The lowest BCUT2D eigenvalue weighted by Gasteiger charge is -2.21. The number of anilines is 1. The second-order valence-corrected chi connectivity index (χ2v) is 6.12. The molecule has 1 aliphatic rings. The van der Waals surface area contributed by atoms with Gasteiger partial charge in [-0.25, -0.2) is 4.79 Å². The van der Waals surface area contributed by atoms with E-state index in [1.165, 1.54) is 24.3 Å². The first-order valence-electron chi connectivity index (χ1n) is 7.83. The van der Waals surface area contributed by atoms with Gasteiger partial charge in [0.25, 0.3) is 0 Å². The Morgan fingerprint density at radius 1 is 1.22 bits per heavy atom. The van der Waals surface area contributed by atoms with Crippen LogP contribution in [0, 0.1) is 0 Å². The first-order chi connectivity index (χ1) is 12.8. The minimum atomic E-state index is -4.78. The van der Waals surface area contributed by atoms with E-state index in [9.17, 15) is 18.0 Å². The molecule has 27 heavy (non-hydrogen) atoms. The number of carbonyl (C=O) groups excluding carboxylic acids is 1. The molecule has 0 aliphatic carbocycles. The number of hydrogen-bond acceptors (Lipinski definition) is 5. The van der Waals surface area contributed by atoms with E-state index in [-0.39, 0.29) is 12.2 Å². The Hall–Kier alpha value is -2.74. The minimum absolute atomic E-state index is 0.272. The zero-order valence-electron chi connectivity index (χ0n) is 14.0. The molecular formula is C18H14ClF3N2O3. The third-order valence-electron chi connectivity index (χ3n) is 3.88. The van der Waals surface area contributed by atoms with Crippen molar-refractivity contribution in [2.75, 3.05) is 12.1 Å². The number of methoxy groups -OCH3 is 1. The highest BCUT2D eigenvalue weighted by Crippen LogP contribution is 2.31. The molecule has 2 aromatic carbocycles. The van der Waals surface area contributed by atoms with Gasteiger partial charge >= 0.3 is 12.3 Å². The van der Waals surface area contributed by atoms with E-state index in [1.54, 1.807) is 18.2 Å². The van der Waals surface area contributed by atoms with Crippen molar-refractivity contribution < 1.29 is 27.4 Å². The first-order valence-corrected chi connectivity index (χ1v) is 8.21. The maximum atomic E-state index is 12.3. The highest BCUT2D eigenvalue weighted by molar-refractivity contribution is 6.31. The number of benzene rings is 2. The molecule has 0 aromatic heterocycles. The summed E-state index contributed by atoms with van der Waals surface area (Å²) in [5, 5.41) is 6.39. The predicted octanol–water partition coefficient (Wildman–Crippen LogP) is 4.39. The molecule has 3 rings (SSSR count). The third-order valence-corrected chi connectivity index (χ3v) is 4.11. The molecular weight excluding hydrogens is 385 g/mol. The van der Waals surface area contributed by atoms with Crippen LogP contribution in [0.5, 0.6) is 5.75 Å². The van der Waals surface area contributed by atoms with E-state index in [0.717, 1.165) is 17.7 Å². The van der Waals surface area contributed by atoms with Crippen LogP contribution in [0.25, 0.3) is 0 Å². The average Bonchev–Trinajstić information content (AvgIpc) is 3.06. The predicted molar refractivity (Wildman–Crippen MR) is 94.0 cm³/mol. The highest BCUT2D eigenvalue weighted by Gasteiger charge is 2.35. The molecule has 0 N–H and O–H groups in total. The van der Waals surface area contributed by atoms with E-state index in [4.69, 9.17) is 16.3 Å². The zero-order valence-corrected chi connectivity index (χ0v) is 14.8. The van der Waals surface area contributed by atoms with Crippen LogP contribution < -0.4 is 9.75 Å². The number of ether oxygens (including phenoxy) is 2. The highest BCUT2D eigenvalue weighted by atomic mass is 35.5. The molecule has 5 nitrogen and oxygen atoms in total. The SMILES string of the molecule is COC(=O)C1CC(c2cccc(Cl)c2)=NN1c1ccc(OC(F)(F)F)cc1. The van der Waals surface area contributed by atoms with Gasteiger partial charge in [-0.1, -0.05) is 23.7 Å². The van der Waals surface area contributed by atoms with Crippen molar-refractivity contribution in [3.05, 3.63) is 59.1 Å². The van der Waals surface area contributed by atoms with Crippen LogP contribution in [0.3, 0.4) is 0 Å². The molecule has 0 radical (unpaired) electrons. The Kier molecular flexibility index (Phi) is 5.27. The lowest BCUT2D eigenvalue weighted by Crippen LogP contribution is -2.35. The summed E-state index contributed by atoms with van der Waals surface area (Å²) in [6, 6.07) is 11.4. The Morgan fingerprint density at radius 2 is 1.93 bits per heavy atom. The number of alkyl halides is 3. The molecule has 1 unspecified atom stereocenters. The molecule has 1 heterocycles. The maximum absolute atomic E-state index is 12.3. The molecule has 1 aliphatic heterocycles. The fourth-order valence-corrected chi connectivity index (χ4v) is 2.90. The maximum Gasteiger partial charge on any atom is 0.573 e. The summed E-state index contributed by atoms with van der Waals surface area (Å²) >= 11 is 6.01. The largest absolute Gasteiger partial charge is 0.573 e. The summed E-state index contributed by atoms with van der Waals surface area (Å²) in [6.07, 6.45) is -4.50. The van der Waals surface area contributed by atoms with Crippen molar-refractivity contribution in [1.82, 2.24) is 0 Å². The molecule has 0 bridgehead atoms. The van der Waals surface area contributed by atoms with Crippen molar-refractivity contribution in [1.29, 1.82) is 0 Å². The van der Waals surface area contributed by atoms with E-state index in [2.05, 4.69) is 9.84 Å². The fourth-order valence-electron chi connectivity index (χ4n) is 2.71. The smallest absolute Gasteiger partial charge is 0.467 e. The number of nitrogens with zero attached hydrogens (tertiary/aromatic N) is 2. The first kappa shape index (κ1) is 19.0. The summed E-state index contributed by atoms with van der Waals surface area (Å²) in [5.74, 6) is -0.870. The Labute approximate surface area is 157 Å². The number of esters is 1. The van der Waals surface area contributed by atoms with Gasteiger partial charge in [0.2, 0.25) is 0 Å². The quantitative estimate of drug-likeness (QED) is 0.716. The summed E-state index contributed by atoms with van der Waals surface area (Å²) in [7, 11) is 1.26. The molecule has 142 valence electrons. The van der Waals surface area contributed by atoms with Crippen LogP contribution in [0.15, 0.2) is 53.6 Å². The van der Waals surface area contributed by atoms with Gasteiger partial charge in [-0.05, 0) is 42.0 Å². The lowest BCUT2D eigenvalue weighted by molar-refractivity contribution is -0.274. The van der Waals surface area contributed by atoms with Crippen LogP contribution in [0.2, 0.25) is 5.02 Å². The van der Waals surface area contributed by atoms with Gasteiger partial charge in [0, 0.05) is 11.4 Å². The van der Waals surface area contributed by atoms with E-state index < -0.39 is 18.4 Å². The summed E-state index contributed by atoms with van der Waals surface area (Å²) < 4.78 is 45.6. The average molecular weight is 399 g/mol. The monoisotopic (exact) mass is 398 g/mol. The molecule has 0 spiro atoms. The molecule has 9 heteroatoms. The fraction of sp³-hybridized carbons (Fsp3) is 0.222. The second kappa shape index (κ2) is 7.48. The van der Waals surface area contributed by atoms with Crippen molar-refractivity contribution in [3.63, 3.8) is 0 Å². The molecule has 0 saturated carbocycles. The number of halogens is 4. The number of hydrogen-bond donors (Lipinski definition) is 0. The van der Waals surface area contributed by atoms with E-state index in [0.29, 0.717) is 16.4 Å². The second-order valence-electron chi connectivity index (χ2n) is 5.69. The Morgan fingerprint density at radius 3 is 2.52 bits per heavy atom. The van der Waals surface area contributed by atoms with Crippen LogP contribution in [0.4, 0.5) is 18.9 Å². The van der Waals surface area contributed by atoms with E-state index in [1.807, 2.05) is 6.07 Å². The Bertz CT molecular complexity index is 869. The topological polar surface area (TPSA) is 51.1 Å². The molecule has 0 saturated heterocycles. The van der Waals surface area contributed by atoms with Crippen molar-refractivity contribution in [3.8, 4) is 5.75 Å². The lowest BCUT2D eigenvalue weighted by atomic mass is 10.0. The standard InChI is InChI=1S/C18H14ClF3N2O3/c1-26-17(25)16-10-15(11-3-2-4-12(19)9-11)23-24(16)13-5-7-14(8-6-13)27-18(20,21)22/h2-9,16H,10H2,1H3.